The molecule has 8 heteroatoms. The number of thiophene rings is 1. The Balaban J connectivity index is 1.97. The summed E-state index contributed by atoms with van der Waals surface area (Å²) in [5, 5.41) is 6.87. The number of nitrogens with one attached hydrogen (secondary N) is 2. The summed E-state index contributed by atoms with van der Waals surface area (Å²) in [6.07, 6.45) is -1.11. The average Bonchev–Trinajstić information content (AvgIpc) is 3.13. The fourth-order valence-corrected chi connectivity index (χ4v) is 2.86. The Morgan fingerprint density at radius 2 is 1.85 bits per heavy atom. The normalized spacial score (nSPS) is 12.9. The number of benzene rings is 1. The summed E-state index contributed by atoms with van der Waals surface area (Å²) in [6, 6.07) is 7.88. The summed E-state index contributed by atoms with van der Waals surface area (Å²) < 4.78 is 18.4. The molecule has 2 atom stereocenters. The van der Waals surface area contributed by atoms with Gasteiger partial charge in [0.05, 0.1) is 4.88 Å². The summed E-state index contributed by atoms with van der Waals surface area (Å²) in [4.78, 5) is 37.3. The van der Waals surface area contributed by atoms with Crippen molar-refractivity contribution in [3.05, 3.63) is 52.5 Å². The van der Waals surface area contributed by atoms with Crippen molar-refractivity contribution in [3.63, 3.8) is 0 Å². The first-order valence-corrected chi connectivity index (χ1v) is 9.27. The molecule has 1 heterocycles. The number of hydrogen-bond acceptors (Lipinski definition) is 5. The number of anilines is 1. The lowest BCUT2D eigenvalue weighted by atomic mass is 10.0. The van der Waals surface area contributed by atoms with Gasteiger partial charge >= 0.3 is 5.97 Å². The van der Waals surface area contributed by atoms with Crippen LogP contribution in [0.2, 0.25) is 0 Å². The second kappa shape index (κ2) is 9.27. The Morgan fingerprint density at radius 1 is 1.11 bits per heavy atom. The minimum atomic E-state index is -1.11. The van der Waals surface area contributed by atoms with Crippen molar-refractivity contribution >= 4 is 34.8 Å². The molecule has 1 aromatic heterocycles. The van der Waals surface area contributed by atoms with Gasteiger partial charge in [0.2, 0.25) is 0 Å². The lowest BCUT2D eigenvalue weighted by Gasteiger charge is -2.22. The van der Waals surface area contributed by atoms with Gasteiger partial charge in [0.25, 0.3) is 11.8 Å². The molecule has 0 aliphatic rings. The quantitative estimate of drug-likeness (QED) is 0.709. The van der Waals surface area contributed by atoms with Crippen LogP contribution in [0.25, 0.3) is 0 Å². The smallest absolute Gasteiger partial charge is 0.329 e. The number of amides is 2. The van der Waals surface area contributed by atoms with Gasteiger partial charge in [0.15, 0.2) is 6.10 Å². The molecule has 2 rings (SSSR count). The first-order valence-electron chi connectivity index (χ1n) is 8.39. The van der Waals surface area contributed by atoms with Crippen molar-refractivity contribution in [2.75, 3.05) is 5.32 Å². The number of hydrogen-bond donors (Lipinski definition) is 2. The van der Waals surface area contributed by atoms with Gasteiger partial charge in [-0.1, -0.05) is 26.0 Å². The van der Waals surface area contributed by atoms with Crippen molar-refractivity contribution in [2.45, 2.75) is 32.9 Å². The van der Waals surface area contributed by atoms with Gasteiger partial charge in [-0.15, -0.1) is 11.3 Å². The SMILES string of the molecule is CC(C)[C@@H](NC(=O)c1cccs1)C(=O)O[C@@H](C)C(=O)Nc1cccc(F)c1. The zero-order valence-corrected chi connectivity index (χ0v) is 16.0. The minimum Gasteiger partial charge on any atom is -0.451 e. The van der Waals surface area contributed by atoms with E-state index in [0.29, 0.717) is 4.88 Å². The fourth-order valence-electron chi connectivity index (χ4n) is 2.23. The Bertz CT molecular complexity index is 808. The molecule has 0 aliphatic carbocycles. The molecule has 27 heavy (non-hydrogen) atoms. The van der Waals surface area contributed by atoms with Gasteiger partial charge in [-0.25, -0.2) is 9.18 Å². The third-order valence-corrected chi connectivity index (χ3v) is 4.58. The maximum absolute atomic E-state index is 13.2. The summed E-state index contributed by atoms with van der Waals surface area (Å²) in [5.41, 5.74) is 0.259. The molecule has 0 saturated carbocycles. The van der Waals surface area contributed by atoms with Crippen LogP contribution in [-0.4, -0.2) is 29.9 Å². The van der Waals surface area contributed by atoms with E-state index in [1.165, 1.54) is 36.5 Å². The summed E-state index contributed by atoms with van der Waals surface area (Å²) in [6.45, 7) is 4.93. The average molecular weight is 392 g/mol. The van der Waals surface area contributed by atoms with E-state index in [2.05, 4.69) is 10.6 Å². The standard InChI is InChI=1S/C19H21FN2O4S/c1-11(2)16(22-18(24)15-8-5-9-27-15)19(25)26-12(3)17(23)21-14-7-4-6-13(20)10-14/h4-12,16H,1-3H3,(H,21,23)(H,22,24)/t12-,16+/m0/s1. The molecule has 0 saturated heterocycles. The zero-order valence-electron chi connectivity index (χ0n) is 15.2. The van der Waals surface area contributed by atoms with Crippen molar-refractivity contribution in [2.24, 2.45) is 5.92 Å². The molecule has 0 bridgehead atoms. The number of rotatable bonds is 7. The van der Waals surface area contributed by atoms with Crippen LogP contribution in [0.4, 0.5) is 10.1 Å². The van der Waals surface area contributed by atoms with Gasteiger partial charge in [-0.2, -0.15) is 0 Å². The van der Waals surface area contributed by atoms with Crippen LogP contribution in [-0.2, 0) is 14.3 Å². The van der Waals surface area contributed by atoms with E-state index in [-0.39, 0.29) is 17.5 Å². The lowest BCUT2D eigenvalue weighted by Crippen LogP contribution is -2.47. The first-order chi connectivity index (χ1) is 12.8. The number of esters is 1. The molecule has 0 aliphatic heterocycles. The van der Waals surface area contributed by atoms with E-state index in [1.807, 2.05) is 0 Å². The molecule has 144 valence electrons. The monoisotopic (exact) mass is 392 g/mol. The number of carbonyl (C=O) groups excluding carboxylic acids is 3. The highest BCUT2D eigenvalue weighted by Crippen LogP contribution is 2.13. The van der Waals surface area contributed by atoms with Gasteiger partial charge < -0.3 is 15.4 Å². The molecule has 2 N–H and O–H groups in total. The zero-order chi connectivity index (χ0) is 20.0. The van der Waals surface area contributed by atoms with Crippen molar-refractivity contribution in [3.8, 4) is 0 Å². The molecule has 1 aromatic carbocycles. The lowest BCUT2D eigenvalue weighted by molar-refractivity contribution is -0.156. The van der Waals surface area contributed by atoms with Crippen LogP contribution in [0.3, 0.4) is 0 Å². The topological polar surface area (TPSA) is 84.5 Å². The van der Waals surface area contributed by atoms with E-state index in [9.17, 15) is 18.8 Å². The van der Waals surface area contributed by atoms with Crippen LogP contribution in [0.15, 0.2) is 41.8 Å². The van der Waals surface area contributed by atoms with Crippen LogP contribution >= 0.6 is 11.3 Å². The van der Waals surface area contributed by atoms with E-state index in [4.69, 9.17) is 4.74 Å². The van der Waals surface area contributed by atoms with Crippen LogP contribution in [0.5, 0.6) is 0 Å². The molecule has 0 radical (unpaired) electrons. The molecule has 2 amide bonds. The summed E-state index contributed by atoms with van der Waals surface area (Å²) in [7, 11) is 0. The predicted octanol–water partition coefficient (Wildman–Crippen LogP) is 3.21. The molecule has 0 spiro atoms. The van der Waals surface area contributed by atoms with E-state index in [0.717, 1.165) is 6.07 Å². The maximum atomic E-state index is 13.2. The Morgan fingerprint density at radius 3 is 2.44 bits per heavy atom. The fraction of sp³-hybridized carbons (Fsp3) is 0.316. The van der Waals surface area contributed by atoms with Crippen LogP contribution in [0, 0.1) is 11.7 Å². The highest BCUT2D eigenvalue weighted by molar-refractivity contribution is 7.12. The largest absolute Gasteiger partial charge is 0.451 e. The molecule has 0 unspecified atom stereocenters. The second-order valence-electron chi connectivity index (χ2n) is 6.25. The third kappa shape index (κ3) is 5.89. The van der Waals surface area contributed by atoms with Crippen LogP contribution < -0.4 is 10.6 Å². The van der Waals surface area contributed by atoms with Gasteiger partial charge in [-0.05, 0) is 42.5 Å². The van der Waals surface area contributed by atoms with Crippen molar-refractivity contribution in [1.29, 1.82) is 0 Å². The second-order valence-corrected chi connectivity index (χ2v) is 7.20. The summed E-state index contributed by atoms with van der Waals surface area (Å²) >= 11 is 1.26. The maximum Gasteiger partial charge on any atom is 0.329 e. The minimum absolute atomic E-state index is 0.236. The Hall–Kier alpha value is -2.74. The Kier molecular flexibility index (Phi) is 7.06. The molecule has 0 fully saturated rings. The number of ether oxygens (including phenoxy) is 1. The molecular weight excluding hydrogens is 371 g/mol. The third-order valence-electron chi connectivity index (χ3n) is 3.71. The van der Waals surface area contributed by atoms with Gasteiger partial charge in [-0.3, -0.25) is 9.59 Å². The molecule has 6 nitrogen and oxygen atoms in total. The highest BCUT2D eigenvalue weighted by Gasteiger charge is 2.29. The number of halogens is 1. The van der Waals surface area contributed by atoms with Crippen molar-refractivity contribution < 1.29 is 23.5 Å². The van der Waals surface area contributed by atoms with E-state index >= 15 is 0 Å². The first kappa shape index (κ1) is 20.6. The van der Waals surface area contributed by atoms with E-state index < -0.39 is 29.8 Å². The van der Waals surface area contributed by atoms with E-state index in [1.54, 1.807) is 31.4 Å². The van der Waals surface area contributed by atoms with Crippen molar-refractivity contribution in [1.82, 2.24) is 5.32 Å². The van der Waals surface area contributed by atoms with Gasteiger partial charge in [0.1, 0.15) is 11.9 Å². The molecule has 2 aromatic rings. The molecular formula is C19H21FN2O4S. The number of carbonyl (C=O) groups is 3. The van der Waals surface area contributed by atoms with Crippen LogP contribution in [0.1, 0.15) is 30.4 Å². The highest BCUT2D eigenvalue weighted by atomic mass is 32.1. The Labute approximate surface area is 160 Å². The summed E-state index contributed by atoms with van der Waals surface area (Å²) in [5.74, 6) is -2.41. The van der Waals surface area contributed by atoms with Gasteiger partial charge in [0, 0.05) is 5.69 Å². The predicted molar refractivity (Wildman–Crippen MR) is 101 cm³/mol.